The van der Waals surface area contributed by atoms with E-state index in [9.17, 15) is 13.2 Å². The summed E-state index contributed by atoms with van der Waals surface area (Å²) in [6.07, 6.45) is 1.11. The monoisotopic (exact) mass is 374 g/mol. The molecule has 0 saturated carbocycles. The van der Waals surface area contributed by atoms with Crippen molar-refractivity contribution in [2.45, 2.75) is 39.7 Å². The number of amides is 1. The lowest BCUT2D eigenvalue weighted by Gasteiger charge is -2.28. The molecule has 0 spiro atoms. The van der Waals surface area contributed by atoms with Crippen LogP contribution < -0.4 is 9.62 Å². The maximum atomic E-state index is 12.7. The van der Waals surface area contributed by atoms with Crippen LogP contribution in [0.2, 0.25) is 0 Å². The topological polar surface area (TPSA) is 66.5 Å². The zero-order valence-electron chi connectivity index (χ0n) is 15.9. The molecule has 0 bridgehead atoms. The fourth-order valence-corrected chi connectivity index (χ4v) is 3.94. The molecule has 1 N–H and O–H groups in total. The average Bonchev–Trinajstić information content (AvgIpc) is 2.54. The molecule has 1 atom stereocenters. The highest BCUT2D eigenvalue weighted by Gasteiger charge is 2.29. The van der Waals surface area contributed by atoms with E-state index in [1.165, 1.54) is 5.56 Å². The van der Waals surface area contributed by atoms with Crippen LogP contribution >= 0.6 is 0 Å². The van der Waals surface area contributed by atoms with Gasteiger partial charge < -0.3 is 5.32 Å². The van der Waals surface area contributed by atoms with Crippen LogP contribution in [0, 0.1) is 6.92 Å². The van der Waals surface area contributed by atoms with Crippen molar-refractivity contribution >= 4 is 27.3 Å². The van der Waals surface area contributed by atoms with Crippen LogP contribution in [-0.2, 0) is 14.8 Å². The molecular weight excluding hydrogens is 348 g/mol. The molecule has 0 saturated heterocycles. The van der Waals surface area contributed by atoms with Crippen molar-refractivity contribution < 1.29 is 13.2 Å². The molecule has 0 aliphatic carbocycles. The second-order valence-corrected chi connectivity index (χ2v) is 8.70. The number of hydrogen-bond donors (Lipinski definition) is 1. The van der Waals surface area contributed by atoms with E-state index in [4.69, 9.17) is 0 Å². The molecule has 2 aromatic carbocycles. The van der Waals surface area contributed by atoms with Gasteiger partial charge in [0.1, 0.15) is 6.04 Å². The summed E-state index contributed by atoms with van der Waals surface area (Å²) in [5.41, 5.74) is 3.22. The van der Waals surface area contributed by atoms with Crippen LogP contribution in [-0.4, -0.2) is 26.6 Å². The van der Waals surface area contributed by atoms with Gasteiger partial charge >= 0.3 is 0 Å². The molecule has 6 heteroatoms. The van der Waals surface area contributed by atoms with Gasteiger partial charge in [0.05, 0.1) is 11.9 Å². The van der Waals surface area contributed by atoms with Crippen molar-refractivity contribution in [3.8, 4) is 0 Å². The van der Waals surface area contributed by atoms with Crippen LogP contribution in [0.15, 0.2) is 48.5 Å². The Morgan fingerprint density at radius 3 is 2.15 bits per heavy atom. The number of sulfonamides is 1. The molecular formula is C20H26N2O3S. The molecule has 0 aromatic heterocycles. The van der Waals surface area contributed by atoms with Gasteiger partial charge in [-0.3, -0.25) is 9.10 Å². The number of benzene rings is 2. The fourth-order valence-electron chi connectivity index (χ4n) is 2.77. The largest absolute Gasteiger partial charge is 0.324 e. The van der Waals surface area contributed by atoms with E-state index in [2.05, 4.69) is 19.2 Å². The van der Waals surface area contributed by atoms with E-state index in [0.717, 1.165) is 16.1 Å². The minimum Gasteiger partial charge on any atom is -0.324 e. The first-order chi connectivity index (χ1) is 12.1. The first kappa shape index (κ1) is 20.0. The lowest BCUT2D eigenvalue weighted by molar-refractivity contribution is -0.116. The highest BCUT2D eigenvalue weighted by atomic mass is 32.2. The maximum absolute atomic E-state index is 12.7. The van der Waals surface area contributed by atoms with Crippen molar-refractivity contribution in [3.63, 3.8) is 0 Å². The quantitative estimate of drug-likeness (QED) is 0.833. The number of nitrogens with one attached hydrogen (secondary N) is 1. The molecule has 0 unspecified atom stereocenters. The number of carbonyl (C=O) groups is 1. The third-order valence-electron chi connectivity index (χ3n) is 4.19. The summed E-state index contributed by atoms with van der Waals surface area (Å²) >= 11 is 0. The number of aryl methyl sites for hydroxylation is 1. The summed E-state index contributed by atoms with van der Waals surface area (Å²) in [4.78, 5) is 12.7. The van der Waals surface area contributed by atoms with Gasteiger partial charge in [-0.15, -0.1) is 0 Å². The summed E-state index contributed by atoms with van der Waals surface area (Å²) in [6, 6.07) is 13.8. The van der Waals surface area contributed by atoms with Gasteiger partial charge in [0.2, 0.25) is 15.9 Å². The summed E-state index contributed by atoms with van der Waals surface area (Å²) < 4.78 is 25.8. The minimum atomic E-state index is -3.62. The first-order valence-corrected chi connectivity index (χ1v) is 10.4. The Kier molecular flexibility index (Phi) is 6.08. The SMILES string of the molecule is Cc1cccc(N([C@@H](C)C(=O)Nc2ccc(C(C)C)cc2)S(C)(=O)=O)c1. The van der Waals surface area contributed by atoms with E-state index in [0.29, 0.717) is 17.3 Å². The summed E-state index contributed by atoms with van der Waals surface area (Å²) in [7, 11) is -3.62. The first-order valence-electron chi connectivity index (χ1n) is 8.56. The Morgan fingerprint density at radius 2 is 1.65 bits per heavy atom. The van der Waals surface area contributed by atoms with E-state index >= 15 is 0 Å². The Hall–Kier alpha value is -2.34. The highest BCUT2D eigenvalue weighted by Crippen LogP contribution is 2.23. The normalized spacial score (nSPS) is 12.7. The lowest BCUT2D eigenvalue weighted by atomic mass is 10.0. The van der Waals surface area contributed by atoms with E-state index in [1.807, 2.05) is 37.3 Å². The zero-order valence-corrected chi connectivity index (χ0v) is 16.7. The van der Waals surface area contributed by atoms with Crippen LogP contribution in [0.3, 0.4) is 0 Å². The van der Waals surface area contributed by atoms with Gasteiger partial charge in [-0.1, -0.05) is 38.1 Å². The van der Waals surface area contributed by atoms with Crippen molar-refractivity contribution in [1.29, 1.82) is 0 Å². The third kappa shape index (κ3) is 4.85. The maximum Gasteiger partial charge on any atom is 0.247 e. The van der Waals surface area contributed by atoms with Crippen LogP contribution in [0.25, 0.3) is 0 Å². The second kappa shape index (κ2) is 7.91. The standard InChI is InChI=1S/C20H26N2O3S/c1-14(2)17-9-11-18(12-10-17)21-20(23)16(4)22(26(5,24)25)19-8-6-7-15(3)13-19/h6-14,16H,1-5H3,(H,21,23)/t16-/m0/s1. The molecule has 0 heterocycles. The Labute approximate surface area is 156 Å². The molecule has 5 nitrogen and oxygen atoms in total. The Bertz CT molecular complexity index is 874. The predicted molar refractivity (Wildman–Crippen MR) is 107 cm³/mol. The van der Waals surface area contributed by atoms with E-state index in [-0.39, 0.29) is 5.91 Å². The minimum absolute atomic E-state index is 0.380. The van der Waals surface area contributed by atoms with Gasteiger partial charge in [-0.2, -0.15) is 0 Å². The van der Waals surface area contributed by atoms with Gasteiger partial charge in [0.25, 0.3) is 0 Å². The molecule has 2 rings (SSSR count). The number of anilines is 2. The fraction of sp³-hybridized carbons (Fsp3) is 0.350. The van der Waals surface area contributed by atoms with Crippen LogP contribution in [0.1, 0.15) is 37.8 Å². The van der Waals surface area contributed by atoms with Gasteiger partial charge in [0, 0.05) is 5.69 Å². The van der Waals surface area contributed by atoms with Gasteiger partial charge in [0.15, 0.2) is 0 Å². The molecule has 0 radical (unpaired) electrons. The Morgan fingerprint density at radius 1 is 1.04 bits per heavy atom. The van der Waals surface area contributed by atoms with E-state index in [1.54, 1.807) is 25.1 Å². The molecule has 0 aliphatic rings. The van der Waals surface area contributed by atoms with Gasteiger partial charge in [-0.25, -0.2) is 8.42 Å². The average molecular weight is 375 g/mol. The third-order valence-corrected chi connectivity index (χ3v) is 5.43. The second-order valence-electron chi connectivity index (χ2n) is 6.84. The van der Waals surface area contributed by atoms with E-state index < -0.39 is 16.1 Å². The van der Waals surface area contributed by atoms with Crippen molar-refractivity contribution in [2.75, 3.05) is 15.9 Å². The van der Waals surface area contributed by atoms with Crippen molar-refractivity contribution in [1.82, 2.24) is 0 Å². The van der Waals surface area contributed by atoms with Gasteiger partial charge in [-0.05, 0) is 55.2 Å². The molecule has 26 heavy (non-hydrogen) atoms. The number of hydrogen-bond acceptors (Lipinski definition) is 3. The number of rotatable bonds is 6. The smallest absolute Gasteiger partial charge is 0.247 e. The van der Waals surface area contributed by atoms with Crippen molar-refractivity contribution in [3.05, 3.63) is 59.7 Å². The molecule has 0 aliphatic heterocycles. The van der Waals surface area contributed by atoms with Crippen LogP contribution in [0.4, 0.5) is 11.4 Å². The van der Waals surface area contributed by atoms with Crippen molar-refractivity contribution in [2.24, 2.45) is 0 Å². The number of carbonyl (C=O) groups excluding carboxylic acids is 1. The predicted octanol–water partition coefficient (Wildman–Crippen LogP) is 3.91. The molecule has 1 amide bonds. The molecule has 2 aromatic rings. The highest BCUT2D eigenvalue weighted by molar-refractivity contribution is 7.92. The number of nitrogens with zero attached hydrogens (tertiary/aromatic N) is 1. The lowest BCUT2D eigenvalue weighted by Crippen LogP contribution is -2.45. The summed E-state index contributed by atoms with van der Waals surface area (Å²) in [5.74, 6) is 0.0231. The van der Waals surface area contributed by atoms with Crippen LogP contribution in [0.5, 0.6) is 0 Å². The zero-order chi connectivity index (χ0) is 19.5. The molecule has 140 valence electrons. The summed E-state index contributed by atoms with van der Waals surface area (Å²) in [6.45, 7) is 7.66. The summed E-state index contributed by atoms with van der Waals surface area (Å²) in [5, 5.41) is 2.80. The Balaban J connectivity index is 2.25. The molecule has 0 fully saturated rings.